The third-order valence-corrected chi connectivity index (χ3v) is 6.15. The molecule has 0 saturated heterocycles. The Morgan fingerprint density at radius 1 is 1.23 bits per heavy atom. The Balaban J connectivity index is 1.72. The highest BCUT2D eigenvalue weighted by Gasteiger charge is 2.22. The van der Waals surface area contributed by atoms with Crippen molar-refractivity contribution in [3.8, 4) is 0 Å². The zero-order valence-corrected chi connectivity index (χ0v) is 18.5. The predicted molar refractivity (Wildman–Crippen MR) is 120 cm³/mol. The number of thiophene rings is 1. The van der Waals surface area contributed by atoms with Crippen molar-refractivity contribution in [2.24, 2.45) is 0 Å². The maximum atomic E-state index is 12.6. The fourth-order valence-corrected chi connectivity index (χ4v) is 4.33. The number of hydrogen-bond donors (Lipinski definition) is 1. The molecule has 2 aromatic heterocycles. The molecule has 1 atom stereocenters. The van der Waals surface area contributed by atoms with Crippen molar-refractivity contribution in [1.29, 1.82) is 0 Å². The van der Waals surface area contributed by atoms with Crippen molar-refractivity contribution in [3.05, 3.63) is 56.8 Å². The summed E-state index contributed by atoms with van der Waals surface area (Å²) in [6.07, 6.45) is 5.71. The number of carbonyl (C=O) groups excluding carboxylic acids is 1. The second-order valence-electron chi connectivity index (χ2n) is 7.50. The van der Waals surface area contributed by atoms with Crippen LogP contribution in [0, 0.1) is 6.92 Å². The van der Waals surface area contributed by atoms with Crippen LogP contribution in [0.5, 0.6) is 0 Å². The molecule has 3 rings (SSSR count). The van der Waals surface area contributed by atoms with Crippen LogP contribution in [0.3, 0.4) is 0 Å². The van der Waals surface area contributed by atoms with Gasteiger partial charge in [-0.2, -0.15) is 4.98 Å². The van der Waals surface area contributed by atoms with Gasteiger partial charge in [0.15, 0.2) is 0 Å². The number of nitrogens with one attached hydrogen (secondary N) is 1. The smallest absolute Gasteiger partial charge is 0.349 e. The topological polar surface area (TPSA) is 81.4 Å². The van der Waals surface area contributed by atoms with Gasteiger partial charge in [0.2, 0.25) is 0 Å². The van der Waals surface area contributed by atoms with Crippen LogP contribution >= 0.6 is 11.3 Å². The quantitative estimate of drug-likeness (QED) is 0.330. The van der Waals surface area contributed by atoms with E-state index in [4.69, 9.17) is 9.15 Å². The number of hydrogen-bond acceptors (Lipinski definition) is 7. The van der Waals surface area contributed by atoms with Gasteiger partial charge >= 0.3 is 11.6 Å². The summed E-state index contributed by atoms with van der Waals surface area (Å²) in [6.45, 7) is 6.13. The van der Waals surface area contributed by atoms with Crippen molar-refractivity contribution in [2.75, 3.05) is 5.32 Å². The summed E-state index contributed by atoms with van der Waals surface area (Å²) in [6, 6.07) is 9.81. The number of carbonyl (C=O) groups is 1. The molecule has 0 saturated carbocycles. The van der Waals surface area contributed by atoms with E-state index in [1.807, 2.05) is 37.3 Å². The Morgan fingerprint density at radius 3 is 2.73 bits per heavy atom. The van der Waals surface area contributed by atoms with Gasteiger partial charge in [-0.1, -0.05) is 62.9 Å². The molecule has 160 valence electrons. The normalized spacial score (nSPS) is 12.1. The van der Waals surface area contributed by atoms with Crippen molar-refractivity contribution in [3.63, 3.8) is 0 Å². The van der Waals surface area contributed by atoms with E-state index in [2.05, 4.69) is 17.2 Å². The molecule has 0 aliphatic heterocycles. The molecule has 3 aromatic rings. The first-order valence-electron chi connectivity index (χ1n) is 10.4. The van der Waals surface area contributed by atoms with Gasteiger partial charge in [0.05, 0.1) is 0 Å². The van der Waals surface area contributed by atoms with E-state index in [1.165, 1.54) is 19.3 Å². The average molecular weight is 429 g/mol. The second kappa shape index (κ2) is 10.4. The molecule has 0 aliphatic rings. The fraction of sp³-hybridized carbons (Fsp3) is 0.435. The van der Waals surface area contributed by atoms with Crippen molar-refractivity contribution < 1.29 is 13.9 Å². The highest BCUT2D eigenvalue weighted by molar-refractivity contribution is 7.20. The first kappa shape index (κ1) is 22.0. The van der Waals surface area contributed by atoms with Gasteiger partial charge in [0, 0.05) is 6.04 Å². The number of esters is 1. The monoisotopic (exact) mass is 428 g/mol. The summed E-state index contributed by atoms with van der Waals surface area (Å²) < 4.78 is 10.8. The van der Waals surface area contributed by atoms with E-state index >= 15 is 0 Å². The van der Waals surface area contributed by atoms with E-state index in [9.17, 15) is 9.59 Å². The predicted octanol–water partition coefficient (Wildman–Crippen LogP) is 5.69. The van der Waals surface area contributed by atoms with E-state index in [1.54, 1.807) is 6.92 Å². The number of benzene rings is 1. The Morgan fingerprint density at radius 2 is 2.00 bits per heavy atom. The minimum atomic E-state index is -0.489. The standard InChI is InChI=1S/C23H28N2O4S/c1-4-5-6-8-11-15(2)24-23-25-20-18(21(26)29-23)16(3)19(30-20)22(27)28-14-17-12-9-7-10-13-17/h7,9-10,12-13,15H,4-6,8,11,14H2,1-3H3,(H,24,25). The van der Waals surface area contributed by atoms with E-state index < -0.39 is 11.6 Å². The molecule has 1 N–H and O–H groups in total. The van der Waals surface area contributed by atoms with Gasteiger partial charge in [-0.3, -0.25) is 0 Å². The summed E-state index contributed by atoms with van der Waals surface area (Å²) in [4.78, 5) is 30.4. The molecule has 0 amide bonds. The first-order chi connectivity index (χ1) is 14.5. The second-order valence-corrected chi connectivity index (χ2v) is 8.50. The van der Waals surface area contributed by atoms with E-state index in [0.29, 0.717) is 20.7 Å². The summed E-state index contributed by atoms with van der Waals surface area (Å²) in [7, 11) is 0. The van der Waals surface area contributed by atoms with Crippen LogP contribution in [-0.4, -0.2) is 17.0 Å². The maximum absolute atomic E-state index is 12.6. The summed E-state index contributed by atoms with van der Waals surface area (Å²) in [5.74, 6) is -0.461. The first-order valence-corrected chi connectivity index (χ1v) is 11.2. The molecule has 6 nitrogen and oxygen atoms in total. The fourth-order valence-electron chi connectivity index (χ4n) is 3.28. The number of ether oxygens (including phenoxy) is 1. The van der Waals surface area contributed by atoms with Crippen LogP contribution in [-0.2, 0) is 11.3 Å². The highest BCUT2D eigenvalue weighted by atomic mass is 32.1. The van der Waals surface area contributed by atoms with Gasteiger partial charge in [0.1, 0.15) is 21.7 Å². The van der Waals surface area contributed by atoms with Crippen molar-refractivity contribution >= 4 is 33.5 Å². The van der Waals surface area contributed by atoms with E-state index in [-0.39, 0.29) is 18.7 Å². The Kier molecular flexibility index (Phi) is 7.63. The average Bonchev–Trinajstić information content (AvgIpc) is 3.07. The van der Waals surface area contributed by atoms with Crippen LogP contribution < -0.4 is 10.9 Å². The molecular formula is C23H28N2O4S. The number of nitrogens with zero attached hydrogens (tertiary/aromatic N) is 1. The summed E-state index contributed by atoms with van der Waals surface area (Å²) in [5, 5.41) is 3.51. The molecule has 0 radical (unpaired) electrons. The van der Waals surface area contributed by atoms with Crippen LogP contribution in [0.4, 0.5) is 6.01 Å². The molecule has 0 aliphatic carbocycles. The van der Waals surface area contributed by atoms with Crippen molar-refractivity contribution in [1.82, 2.24) is 4.98 Å². The van der Waals surface area contributed by atoms with Crippen LogP contribution in [0.15, 0.2) is 39.5 Å². The lowest BCUT2D eigenvalue weighted by Crippen LogP contribution is -2.17. The minimum Gasteiger partial charge on any atom is -0.457 e. The van der Waals surface area contributed by atoms with Crippen LogP contribution in [0.1, 0.15) is 66.8 Å². The molecule has 1 unspecified atom stereocenters. The number of anilines is 1. The number of unbranched alkanes of at least 4 members (excludes halogenated alkanes) is 3. The van der Waals surface area contributed by atoms with Crippen molar-refractivity contribution in [2.45, 2.75) is 65.5 Å². The molecule has 0 fully saturated rings. The maximum Gasteiger partial charge on any atom is 0.349 e. The summed E-state index contributed by atoms with van der Waals surface area (Å²) in [5.41, 5.74) is 0.965. The molecule has 2 heterocycles. The molecule has 1 aromatic carbocycles. The largest absolute Gasteiger partial charge is 0.457 e. The zero-order valence-electron chi connectivity index (χ0n) is 17.7. The molecular weight excluding hydrogens is 400 g/mol. The lowest BCUT2D eigenvalue weighted by molar-refractivity contribution is 0.0478. The molecule has 0 bridgehead atoms. The summed E-state index contributed by atoms with van der Waals surface area (Å²) >= 11 is 1.16. The highest BCUT2D eigenvalue weighted by Crippen LogP contribution is 2.29. The Labute approximate surface area is 180 Å². The van der Waals surface area contributed by atoms with Crippen LogP contribution in [0.2, 0.25) is 0 Å². The van der Waals surface area contributed by atoms with Gasteiger partial charge < -0.3 is 14.5 Å². The number of fused-ring (bicyclic) bond motifs is 1. The minimum absolute atomic E-state index is 0.145. The Bertz CT molecular complexity index is 1040. The van der Waals surface area contributed by atoms with Crippen LogP contribution in [0.25, 0.3) is 10.2 Å². The van der Waals surface area contributed by atoms with Gasteiger partial charge in [-0.25, -0.2) is 9.59 Å². The van der Waals surface area contributed by atoms with Gasteiger partial charge in [-0.05, 0) is 31.4 Å². The lowest BCUT2D eigenvalue weighted by Gasteiger charge is -2.12. The molecule has 30 heavy (non-hydrogen) atoms. The molecule has 0 spiro atoms. The Hall–Kier alpha value is -2.67. The van der Waals surface area contributed by atoms with Gasteiger partial charge in [-0.15, -0.1) is 11.3 Å². The van der Waals surface area contributed by atoms with E-state index in [0.717, 1.165) is 29.7 Å². The number of aromatic nitrogens is 1. The number of rotatable bonds is 10. The SMILES string of the molecule is CCCCCCC(C)Nc1nc2sc(C(=O)OCc3ccccc3)c(C)c2c(=O)o1. The van der Waals surface area contributed by atoms with Gasteiger partial charge in [0.25, 0.3) is 6.01 Å². The molecule has 7 heteroatoms. The lowest BCUT2D eigenvalue weighted by atomic mass is 10.1. The third kappa shape index (κ3) is 5.48. The third-order valence-electron chi connectivity index (χ3n) is 4.98. The zero-order chi connectivity index (χ0) is 21.5. The number of aryl methyl sites for hydroxylation is 1.